The third kappa shape index (κ3) is 1.76. The van der Waals surface area contributed by atoms with E-state index in [1.165, 1.54) is 12.7 Å². The van der Waals surface area contributed by atoms with E-state index < -0.39 is 25.0 Å². The Bertz CT molecular complexity index is 601. The second-order valence-corrected chi connectivity index (χ2v) is 4.66. The van der Waals surface area contributed by atoms with Gasteiger partial charge in [-0.2, -0.15) is 0 Å². The minimum Gasteiger partial charge on any atom is -0.390 e. The van der Waals surface area contributed by atoms with E-state index in [0.29, 0.717) is 11.2 Å². The molecule has 1 saturated heterocycles. The van der Waals surface area contributed by atoms with Crippen molar-refractivity contribution in [2.75, 3.05) is 12.3 Å². The predicted molar refractivity (Wildman–Crippen MR) is 64.4 cm³/mol. The Kier molecular flexibility index (Phi) is 2.85. The zero-order valence-corrected chi connectivity index (χ0v) is 10.3. The van der Waals surface area contributed by atoms with Crippen LogP contribution < -0.4 is 5.73 Å². The third-order valence-corrected chi connectivity index (χ3v) is 3.51. The van der Waals surface area contributed by atoms with Crippen LogP contribution in [-0.2, 0) is 9.84 Å². The van der Waals surface area contributed by atoms with E-state index >= 15 is 0 Å². The first kappa shape index (κ1) is 12.3. The highest BCUT2D eigenvalue weighted by Crippen LogP contribution is 2.36. The Morgan fingerprint density at radius 3 is 2.95 bits per heavy atom. The predicted octanol–water partition coefficient (Wildman–Crippen LogP) is -0.267. The molecule has 0 bridgehead atoms. The maximum Gasteiger partial charge on any atom is 0.167 e. The van der Waals surface area contributed by atoms with Crippen LogP contribution in [0.15, 0.2) is 12.7 Å². The number of hydrogen-bond donors (Lipinski definition) is 2. The standard InChI is InChI=1S/C11H14N5O3/c1-5-8(18)6(2-17)19-11(5)16-4-15-7-9(12)13-3-14-10(7)16/h3-6,8,11,18H,2H2,1H3,(H2,12,13,14)/t5-,6-,8+,11-/m1/s1. The number of aliphatic hydroxyl groups is 1. The van der Waals surface area contributed by atoms with Crippen LogP contribution in [0.1, 0.15) is 13.2 Å². The highest BCUT2D eigenvalue weighted by molar-refractivity contribution is 5.81. The van der Waals surface area contributed by atoms with Crippen LogP contribution >= 0.6 is 0 Å². The number of nitrogen functional groups attached to an aromatic ring is 1. The SMILES string of the molecule is C[C@@H]1[C@H](O)[C@@H](C[O])O[C@H]1n1cnc2c(N)ncnc21. The van der Waals surface area contributed by atoms with Gasteiger partial charge in [0.05, 0.1) is 12.4 Å². The Morgan fingerprint density at radius 1 is 1.47 bits per heavy atom. The monoisotopic (exact) mass is 264 g/mol. The Hall–Kier alpha value is -1.77. The lowest BCUT2D eigenvalue weighted by molar-refractivity contribution is -0.0585. The molecule has 0 saturated carbocycles. The first-order chi connectivity index (χ1) is 9.13. The molecule has 3 N–H and O–H groups in total. The van der Waals surface area contributed by atoms with E-state index in [9.17, 15) is 10.2 Å². The highest BCUT2D eigenvalue weighted by atomic mass is 16.5. The van der Waals surface area contributed by atoms with E-state index in [4.69, 9.17) is 10.5 Å². The minimum absolute atomic E-state index is 0.229. The van der Waals surface area contributed by atoms with Gasteiger partial charge in [0.15, 0.2) is 11.5 Å². The summed E-state index contributed by atoms with van der Waals surface area (Å²) in [5.41, 5.74) is 6.73. The number of rotatable bonds is 2. The van der Waals surface area contributed by atoms with Crippen molar-refractivity contribution >= 4 is 17.0 Å². The topological polar surface area (TPSA) is 119 Å². The number of aliphatic hydroxyl groups excluding tert-OH is 1. The fraction of sp³-hybridized carbons (Fsp3) is 0.545. The van der Waals surface area contributed by atoms with Gasteiger partial charge in [-0.05, 0) is 0 Å². The average molecular weight is 264 g/mol. The van der Waals surface area contributed by atoms with Gasteiger partial charge in [-0.25, -0.2) is 20.1 Å². The second kappa shape index (κ2) is 4.41. The number of imidazole rings is 1. The normalized spacial score (nSPS) is 31.1. The average Bonchev–Trinajstić information content (AvgIpc) is 2.94. The summed E-state index contributed by atoms with van der Waals surface area (Å²) in [5.74, 6) is 0.0582. The third-order valence-electron chi connectivity index (χ3n) is 3.51. The number of hydrogen-bond acceptors (Lipinski definition) is 6. The number of nitrogens with zero attached hydrogens (tertiary/aromatic N) is 4. The van der Waals surface area contributed by atoms with Crippen LogP contribution in [0.4, 0.5) is 5.82 Å². The van der Waals surface area contributed by atoms with Crippen LogP contribution in [0.3, 0.4) is 0 Å². The lowest BCUT2D eigenvalue weighted by Crippen LogP contribution is -2.27. The zero-order valence-electron chi connectivity index (χ0n) is 10.3. The Morgan fingerprint density at radius 2 is 2.26 bits per heavy atom. The van der Waals surface area contributed by atoms with Crippen LogP contribution in [0.2, 0.25) is 0 Å². The molecule has 0 unspecified atom stereocenters. The molecule has 8 heteroatoms. The van der Waals surface area contributed by atoms with Crippen molar-refractivity contribution in [2.45, 2.75) is 25.4 Å². The summed E-state index contributed by atoms with van der Waals surface area (Å²) in [6.45, 7) is 1.34. The molecular weight excluding hydrogens is 250 g/mol. The lowest BCUT2D eigenvalue weighted by atomic mass is 10.0. The van der Waals surface area contributed by atoms with Crippen LogP contribution in [0.25, 0.3) is 11.2 Å². The molecule has 0 spiro atoms. The summed E-state index contributed by atoms with van der Waals surface area (Å²) < 4.78 is 7.26. The van der Waals surface area contributed by atoms with Crippen molar-refractivity contribution in [3.05, 3.63) is 12.7 Å². The molecule has 3 heterocycles. The van der Waals surface area contributed by atoms with E-state index in [1.807, 2.05) is 6.92 Å². The summed E-state index contributed by atoms with van der Waals surface area (Å²) in [5, 5.41) is 20.9. The fourth-order valence-corrected chi connectivity index (χ4v) is 2.40. The molecule has 0 amide bonds. The van der Waals surface area contributed by atoms with Crippen molar-refractivity contribution in [1.82, 2.24) is 19.5 Å². The summed E-state index contributed by atoms with van der Waals surface area (Å²) in [7, 11) is 0. The first-order valence-corrected chi connectivity index (χ1v) is 5.98. The van der Waals surface area contributed by atoms with Gasteiger partial charge in [0.25, 0.3) is 0 Å². The van der Waals surface area contributed by atoms with Crippen molar-refractivity contribution in [3.8, 4) is 0 Å². The Labute approximate surface area is 108 Å². The van der Waals surface area contributed by atoms with Crippen molar-refractivity contribution in [3.63, 3.8) is 0 Å². The van der Waals surface area contributed by atoms with Crippen molar-refractivity contribution in [1.29, 1.82) is 0 Å². The molecule has 101 valence electrons. The summed E-state index contributed by atoms with van der Waals surface area (Å²) in [6.07, 6.45) is 0.900. The van der Waals surface area contributed by atoms with E-state index in [-0.39, 0.29) is 11.7 Å². The molecule has 1 aliphatic heterocycles. The van der Waals surface area contributed by atoms with Crippen LogP contribution in [0.5, 0.6) is 0 Å². The van der Waals surface area contributed by atoms with Gasteiger partial charge < -0.3 is 15.6 Å². The molecule has 2 aromatic heterocycles. The summed E-state index contributed by atoms with van der Waals surface area (Å²) >= 11 is 0. The number of aromatic nitrogens is 4. The molecule has 8 nitrogen and oxygen atoms in total. The quantitative estimate of drug-likeness (QED) is 0.770. The largest absolute Gasteiger partial charge is 0.390 e. The molecule has 0 aromatic carbocycles. The molecule has 3 rings (SSSR count). The summed E-state index contributed by atoms with van der Waals surface area (Å²) in [4.78, 5) is 12.1. The van der Waals surface area contributed by atoms with Gasteiger partial charge in [0.1, 0.15) is 30.8 Å². The molecule has 19 heavy (non-hydrogen) atoms. The highest BCUT2D eigenvalue weighted by Gasteiger charge is 2.42. The maximum atomic E-state index is 11.0. The zero-order chi connectivity index (χ0) is 13.6. The number of fused-ring (bicyclic) bond motifs is 1. The molecule has 2 aromatic rings. The van der Waals surface area contributed by atoms with Gasteiger partial charge >= 0.3 is 0 Å². The van der Waals surface area contributed by atoms with Gasteiger partial charge in [-0.3, -0.25) is 4.57 Å². The molecule has 1 fully saturated rings. The molecule has 4 atom stereocenters. The molecule has 1 aliphatic rings. The molecular formula is C11H14N5O3. The van der Waals surface area contributed by atoms with Crippen LogP contribution in [-0.4, -0.2) is 43.4 Å². The van der Waals surface area contributed by atoms with Crippen molar-refractivity contribution in [2.24, 2.45) is 5.92 Å². The fourth-order valence-electron chi connectivity index (χ4n) is 2.40. The van der Waals surface area contributed by atoms with E-state index in [1.54, 1.807) is 4.57 Å². The Balaban J connectivity index is 2.04. The van der Waals surface area contributed by atoms with Gasteiger partial charge in [-0.1, -0.05) is 6.92 Å². The molecule has 0 aliphatic carbocycles. The van der Waals surface area contributed by atoms with Gasteiger partial charge in [0, 0.05) is 5.92 Å². The second-order valence-electron chi connectivity index (χ2n) is 4.66. The first-order valence-electron chi connectivity index (χ1n) is 5.98. The number of ether oxygens (including phenoxy) is 1. The van der Waals surface area contributed by atoms with E-state index in [2.05, 4.69) is 15.0 Å². The van der Waals surface area contributed by atoms with Crippen molar-refractivity contribution < 1.29 is 14.9 Å². The number of anilines is 1. The van der Waals surface area contributed by atoms with Gasteiger partial charge in [0.2, 0.25) is 0 Å². The van der Waals surface area contributed by atoms with Crippen LogP contribution in [0, 0.1) is 5.92 Å². The number of nitrogens with two attached hydrogens (primary N) is 1. The lowest BCUT2D eigenvalue weighted by Gasteiger charge is -2.17. The summed E-state index contributed by atoms with van der Waals surface area (Å²) in [6, 6.07) is 0. The molecule has 1 radical (unpaired) electrons. The maximum absolute atomic E-state index is 11.0. The van der Waals surface area contributed by atoms with Gasteiger partial charge in [-0.15, -0.1) is 0 Å². The minimum atomic E-state index is -0.792. The van der Waals surface area contributed by atoms with E-state index in [0.717, 1.165) is 0 Å². The smallest absolute Gasteiger partial charge is 0.167 e.